The van der Waals surface area contributed by atoms with Crippen molar-refractivity contribution in [1.29, 1.82) is 0 Å². The van der Waals surface area contributed by atoms with E-state index in [-0.39, 0.29) is 18.9 Å². The lowest BCUT2D eigenvalue weighted by Gasteiger charge is -2.21. The first kappa shape index (κ1) is 63.1. The maximum atomic E-state index is 12.5. The molecule has 0 aliphatic rings. The van der Waals surface area contributed by atoms with Crippen LogP contribution in [0.5, 0.6) is 0 Å². The predicted molar refractivity (Wildman–Crippen MR) is 282 cm³/mol. The monoisotopic (exact) mass is 904 g/mol. The Labute approximate surface area is 401 Å². The van der Waals surface area contributed by atoms with Crippen molar-refractivity contribution in [2.24, 2.45) is 0 Å². The largest absolute Gasteiger partial charge is 0.394 e. The van der Waals surface area contributed by atoms with Gasteiger partial charge in [0.25, 0.3) is 0 Å². The van der Waals surface area contributed by atoms with Crippen molar-refractivity contribution in [1.82, 2.24) is 5.32 Å². The summed E-state index contributed by atoms with van der Waals surface area (Å²) in [7, 11) is 0. The summed E-state index contributed by atoms with van der Waals surface area (Å²) < 4.78 is 0. The van der Waals surface area contributed by atoms with Crippen LogP contribution in [0.1, 0.15) is 335 Å². The molecule has 0 aromatic carbocycles. The summed E-state index contributed by atoms with van der Waals surface area (Å²) in [5, 5.41) is 33.5. The van der Waals surface area contributed by atoms with Crippen LogP contribution in [0, 0.1) is 0 Å². The van der Waals surface area contributed by atoms with Gasteiger partial charge in [-0.2, -0.15) is 0 Å². The van der Waals surface area contributed by atoms with Gasteiger partial charge in [0, 0.05) is 0 Å². The minimum absolute atomic E-state index is 0.0196. The van der Waals surface area contributed by atoms with E-state index in [1.807, 2.05) is 6.08 Å². The molecule has 0 aliphatic carbocycles. The van der Waals surface area contributed by atoms with E-state index in [2.05, 4.69) is 19.2 Å². The molecule has 0 heterocycles. The summed E-state index contributed by atoms with van der Waals surface area (Å²) in [6, 6.07) is -0.741. The van der Waals surface area contributed by atoms with Gasteiger partial charge in [-0.1, -0.05) is 321 Å². The molecule has 0 spiro atoms. The fraction of sp³-hybridized carbons (Fsp3) is 0.949. The Morgan fingerprint density at radius 2 is 0.641 bits per heavy atom. The van der Waals surface area contributed by atoms with Crippen molar-refractivity contribution in [2.75, 3.05) is 6.61 Å². The van der Waals surface area contributed by atoms with Crippen LogP contribution in [0.15, 0.2) is 12.2 Å². The SMILES string of the molecule is CCCCCCCCCCCCCCCCCCCCC/C=C/C(O)C(CO)NC(=O)CC(O)CCCCCCCCCCCCCCCCCCCCCCCCCCCCCC. The Bertz CT molecular complexity index is 909. The highest BCUT2D eigenvalue weighted by atomic mass is 16.3. The lowest BCUT2D eigenvalue weighted by molar-refractivity contribution is -0.124. The fourth-order valence-corrected chi connectivity index (χ4v) is 9.58. The second-order valence-electron chi connectivity index (χ2n) is 20.6. The molecule has 64 heavy (non-hydrogen) atoms. The summed E-state index contributed by atoms with van der Waals surface area (Å²) in [5.74, 6) is -0.307. The van der Waals surface area contributed by atoms with Crippen molar-refractivity contribution in [3.8, 4) is 0 Å². The van der Waals surface area contributed by atoms with E-state index in [1.54, 1.807) is 6.08 Å². The predicted octanol–water partition coefficient (Wildman–Crippen LogP) is 18.3. The minimum Gasteiger partial charge on any atom is -0.394 e. The Kier molecular flexibility index (Phi) is 53.9. The summed E-state index contributed by atoms with van der Waals surface area (Å²) in [4.78, 5) is 12.5. The Hall–Kier alpha value is -0.910. The quantitative estimate of drug-likeness (QED) is 0.0362. The first-order valence-electron chi connectivity index (χ1n) is 29.5. The third-order valence-electron chi connectivity index (χ3n) is 14.1. The molecule has 4 N–H and O–H groups in total. The smallest absolute Gasteiger partial charge is 0.222 e. The number of carbonyl (C=O) groups is 1. The van der Waals surface area contributed by atoms with Gasteiger partial charge in [0.2, 0.25) is 5.91 Å². The third-order valence-corrected chi connectivity index (χ3v) is 14.1. The molecular weight excluding hydrogens is 787 g/mol. The van der Waals surface area contributed by atoms with E-state index >= 15 is 0 Å². The lowest BCUT2D eigenvalue weighted by Crippen LogP contribution is -2.45. The molecule has 0 aromatic heterocycles. The highest BCUT2D eigenvalue weighted by Crippen LogP contribution is 2.18. The zero-order chi connectivity index (χ0) is 46.5. The number of hydrogen-bond donors (Lipinski definition) is 4. The number of hydrogen-bond acceptors (Lipinski definition) is 4. The van der Waals surface area contributed by atoms with Gasteiger partial charge in [-0.15, -0.1) is 0 Å². The number of carbonyl (C=O) groups excluding carboxylic acids is 1. The van der Waals surface area contributed by atoms with Gasteiger partial charge in [0.1, 0.15) is 0 Å². The molecule has 0 rings (SSSR count). The van der Waals surface area contributed by atoms with E-state index < -0.39 is 18.2 Å². The van der Waals surface area contributed by atoms with Gasteiger partial charge in [0.05, 0.1) is 31.3 Å². The maximum absolute atomic E-state index is 12.5. The first-order valence-corrected chi connectivity index (χ1v) is 29.5. The van der Waals surface area contributed by atoms with Gasteiger partial charge in [-0.25, -0.2) is 0 Å². The van der Waals surface area contributed by atoms with Crippen LogP contribution in [0.25, 0.3) is 0 Å². The van der Waals surface area contributed by atoms with Crippen molar-refractivity contribution in [2.45, 2.75) is 353 Å². The van der Waals surface area contributed by atoms with Crippen LogP contribution in [0.2, 0.25) is 0 Å². The van der Waals surface area contributed by atoms with Gasteiger partial charge in [-0.05, 0) is 19.3 Å². The van der Waals surface area contributed by atoms with Gasteiger partial charge in [0.15, 0.2) is 0 Å². The molecule has 0 fully saturated rings. The molecule has 0 aromatic rings. The highest BCUT2D eigenvalue weighted by molar-refractivity contribution is 5.76. The topological polar surface area (TPSA) is 89.8 Å². The van der Waals surface area contributed by atoms with Gasteiger partial charge in [-0.3, -0.25) is 4.79 Å². The van der Waals surface area contributed by atoms with Crippen LogP contribution in [-0.4, -0.2) is 46.1 Å². The number of unbranched alkanes of at least 4 members (excludes halogenated alkanes) is 46. The Morgan fingerprint density at radius 1 is 0.391 bits per heavy atom. The average Bonchev–Trinajstić information content (AvgIpc) is 3.29. The van der Waals surface area contributed by atoms with Crippen molar-refractivity contribution in [3.63, 3.8) is 0 Å². The molecule has 3 unspecified atom stereocenters. The van der Waals surface area contributed by atoms with E-state index in [9.17, 15) is 20.1 Å². The van der Waals surface area contributed by atoms with Crippen molar-refractivity contribution in [3.05, 3.63) is 12.2 Å². The molecule has 0 radical (unpaired) electrons. The average molecular weight is 905 g/mol. The lowest BCUT2D eigenvalue weighted by atomic mass is 10.0. The number of aliphatic hydroxyl groups excluding tert-OH is 3. The number of allylic oxidation sites excluding steroid dienone is 1. The summed E-state index contributed by atoms with van der Waals surface area (Å²) in [6.07, 6.45) is 68.4. The molecule has 5 nitrogen and oxygen atoms in total. The number of rotatable bonds is 55. The summed E-state index contributed by atoms with van der Waals surface area (Å²) >= 11 is 0. The van der Waals surface area contributed by atoms with Crippen molar-refractivity contribution >= 4 is 5.91 Å². The zero-order valence-electron chi connectivity index (χ0n) is 43.7. The van der Waals surface area contributed by atoms with E-state index in [4.69, 9.17) is 0 Å². The Morgan fingerprint density at radius 3 is 0.906 bits per heavy atom. The van der Waals surface area contributed by atoms with E-state index in [0.29, 0.717) is 6.42 Å². The van der Waals surface area contributed by atoms with Crippen molar-refractivity contribution < 1.29 is 20.1 Å². The molecule has 3 atom stereocenters. The molecule has 0 bridgehead atoms. The number of nitrogens with one attached hydrogen (secondary N) is 1. The van der Waals surface area contributed by atoms with Gasteiger partial charge >= 0.3 is 0 Å². The molecule has 1 amide bonds. The molecule has 382 valence electrons. The highest BCUT2D eigenvalue weighted by Gasteiger charge is 2.20. The van der Waals surface area contributed by atoms with Crippen LogP contribution >= 0.6 is 0 Å². The fourth-order valence-electron chi connectivity index (χ4n) is 9.58. The van der Waals surface area contributed by atoms with Crippen LogP contribution < -0.4 is 5.32 Å². The third kappa shape index (κ3) is 50.5. The number of aliphatic hydroxyl groups is 3. The summed E-state index contributed by atoms with van der Waals surface area (Å²) in [6.45, 7) is 4.26. The van der Waals surface area contributed by atoms with E-state index in [1.165, 1.54) is 283 Å². The Balaban J connectivity index is 3.51. The normalized spacial score (nSPS) is 13.3. The van der Waals surface area contributed by atoms with Gasteiger partial charge < -0.3 is 20.6 Å². The standard InChI is InChI=1S/C59H117NO4/c1-3-5-7-9-11-13-15-17-19-21-23-25-26-27-28-29-30-31-33-34-36-38-40-42-44-46-48-50-52-56(62)54-59(64)60-57(55-61)58(63)53-51-49-47-45-43-41-39-37-35-32-24-22-20-18-16-14-12-10-8-6-4-2/h51,53,56-58,61-63H,3-50,52,54-55H2,1-2H3,(H,60,64)/b53-51+. The molecule has 0 saturated carbocycles. The minimum atomic E-state index is -0.926. The summed E-state index contributed by atoms with van der Waals surface area (Å²) in [5.41, 5.74) is 0. The van der Waals surface area contributed by atoms with Crippen LogP contribution in [0.4, 0.5) is 0 Å². The number of amides is 1. The molecule has 5 heteroatoms. The second kappa shape index (κ2) is 54.7. The molecular formula is C59H117NO4. The van der Waals surface area contributed by atoms with E-state index in [0.717, 1.165) is 25.7 Å². The van der Waals surface area contributed by atoms with Crippen LogP contribution in [0.3, 0.4) is 0 Å². The first-order chi connectivity index (χ1) is 31.5. The zero-order valence-corrected chi connectivity index (χ0v) is 43.7. The molecule has 0 aliphatic heterocycles. The molecule has 0 saturated heterocycles. The second-order valence-corrected chi connectivity index (χ2v) is 20.6. The van der Waals surface area contributed by atoms with Crippen LogP contribution in [-0.2, 0) is 4.79 Å². The maximum Gasteiger partial charge on any atom is 0.222 e.